The van der Waals surface area contributed by atoms with Crippen LogP contribution in [-0.2, 0) is 0 Å². The molecular weight excluding hydrogens is 245 g/mol. The van der Waals surface area contributed by atoms with Crippen LogP contribution in [0.2, 0.25) is 0 Å². The van der Waals surface area contributed by atoms with E-state index in [4.69, 9.17) is 5.11 Å². The number of benzene rings is 1. The first-order valence-electron chi connectivity index (χ1n) is 4.00. The lowest BCUT2D eigenvalue weighted by molar-refractivity contribution is -0.206. The van der Waals surface area contributed by atoms with Crippen LogP contribution in [0.3, 0.4) is 0 Å². The molecule has 0 aromatic heterocycles. The van der Waals surface area contributed by atoms with Crippen LogP contribution in [0.5, 0.6) is 0 Å². The Hall–Kier alpha value is -0.330. The number of aliphatic hydroxyl groups is 1. The fraction of sp³-hybridized carbons (Fsp3) is 0.333. The molecule has 0 aliphatic heterocycles. The highest BCUT2D eigenvalue weighted by atomic mass is 33.1. The summed E-state index contributed by atoms with van der Waals surface area (Å²) < 4.78 is 36.4. The molecule has 84 valence electrons. The molecule has 0 amide bonds. The van der Waals surface area contributed by atoms with Crippen LogP contribution in [0.25, 0.3) is 0 Å². The van der Waals surface area contributed by atoms with E-state index in [2.05, 4.69) is 0 Å². The predicted molar refractivity (Wildman–Crippen MR) is 56.8 cm³/mol. The van der Waals surface area contributed by atoms with E-state index in [1.165, 1.54) is 33.7 Å². The van der Waals surface area contributed by atoms with Gasteiger partial charge in [-0.05, 0) is 24.0 Å². The summed E-state index contributed by atoms with van der Waals surface area (Å²) in [4.78, 5) is 0.862. The van der Waals surface area contributed by atoms with Gasteiger partial charge >= 0.3 is 6.18 Å². The molecule has 0 bridgehead atoms. The molecule has 0 aliphatic rings. The SMILES string of the molecule is CSSc1ccc(C(O)C(F)(F)F)cc1. The second-order valence-corrected chi connectivity index (χ2v) is 5.23. The molecule has 0 aliphatic carbocycles. The highest BCUT2D eigenvalue weighted by molar-refractivity contribution is 8.76. The molecule has 0 saturated carbocycles. The van der Waals surface area contributed by atoms with Crippen LogP contribution in [0.1, 0.15) is 11.7 Å². The van der Waals surface area contributed by atoms with Gasteiger partial charge in [0.2, 0.25) is 0 Å². The normalized spacial score (nSPS) is 13.9. The minimum Gasteiger partial charge on any atom is -0.379 e. The van der Waals surface area contributed by atoms with E-state index in [1.807, 2.05) is 6.26 Å². The van der Waals surface area contributed by atoms with Crippen LogP contribution in [-0.4, -0.2) is 17.5 Å². The van der Waals surface area contributed by atoms with E-state index >= 15 is 0 Å². The highest BCUT2D eigenvalue weighted by Crippen LogP contribution is 2.34. The zero-order valence-corrected chi connectivity index (χ0v) is 9.42. The summed E-state index contributed by atoms with van der Waals surface area (Å²) in [6.07, 6.45) is -5.12. The maximum atomic E-state index is 12.1. The van der Waals surface area contributed by atoms with Gasteiger partial charge in [0.05, 0.1) is 0 Å². The Labute approximate surface area is 93.5 Å². The van der Waals surface area contributed by atoms with Gasteiger partial charge in [-0.15, -0.1) is 0 Å². The van der Waals surface area contributed by atoms with Gasteiger partial charge in [0.1, 0.15) is 0 Å². The third-order valence-electron chi connectivity index (χ3n) is 1.69. The van der Waals surface area contributed by atoms with Gasteiger partial charge in [0.15, 0.2) is 6.10 Å². The molecule has 1 atom stereocenters. The molecule has 15 heavy (non-hydrogen) atoms. The van der Waals surface area contributed by atoms with Crippen molar-refractivity contribution in [1.29, 1.82) is 0 Å². The lowest BCUT2D eigenvalue weighted by Crippen LogP contribution is -2.19. The highest BCUT2D eigenvalue weighted by Gasteiger charge is 2.39. The smallest absolute Gasteiger partial charge is 0.379 e. The monoisotopic (exact) mass is 254 g/mol. The number of hydrogen-bond acceptors (Lipinski definition) is 3. The molecule has 0 heterocycles. The summed E-state index contributed by atoms with van der Waals surface area (Å²) >= 11 is 0. The topological polar surface area (TPSA) is 20.2 Å². The Kier molecular flexibility index (Phi) is 4.36. The van der Waals surface area contributed by atoms with Crippen molar-refractivity contribution in [1.82, 2.24) is 0 Å². The van der Waals surface area contributed by atoms with E-state index in [-0.39, 0.29) is 5.56 Å². The Morgan fingerprint density at radius 2 is 1.73 bits per heavy atom. The largest absolute Gasteiger partial charge is 0.418 e. The van der Waals surface area contributed by atoms with E-state index in [0.29, 0.717) is 0 Å². The fourth-order valence-corrected chi connectivity index (χ4v) is 2.34. The molecule has 0 saturated heterocycles. The Morgan fingerprint density at radius 1 is 1.20 bits per heavy atom. The van der Waals surface area contributed by atoms with Gasteiger partial charge in [0.25, 0.3) is 0 Å². The molecule has 1 aromatic rings. The minimum atomic E-state index is -4.60. The van der Waals surface area contributed by atoms with Crippen LogP contribution in [0, 0.1) is 0 Å². The first kappa shape index (κ1) is 12.7. The molecular formula is C9H9F3OS2. The molecule has 1 unspecified atom stereocenters. The third kappa shape index (κ3) is 3.62. The summed E-state index contributed by atoms with van der Waals surface area (Å²) in [6, 6.07) is 5.70. The number of halogens is 3. The van der Waals surface area contributed by atoms with Crippen LogP contribution in [0.4, 0.5) is 13.2 Å². The summed E-state index contributed by atoms with van der Waals surface area (Å²) in [5, 5.41) is 8.94. The average molecular weight is 254 g/mol. The summed E-state index contributed by atoms with van der Waals surface area (Å²) in [5.74, 6) is 0. The van der Waals surface area contributed by atoms with E-state index in [0.717, 1.165) is 4.90 Å². The second-order valence-electron chi connectivity index (χ2n) is 2.76. The van der Waals surface area contributed by atoms with E-state index in [1.54, 1.807) is 12.1 Å². The van der Waals surface area contributed by atoms with Crippen molar-refractivity contribution in [3.05, 3.63) is 29.8 Å². The molecule has 1 nitrogen and oxygen atoms in total. The zero-order chi connectivity index (χ0) is 11.5. The first-order chi connectivity index (χ1) is 6.95. The van der Waals surface area contributed by atoms with Crippen molar-refractivity contribution in [2.24, 2.45) is 0 Å². The number of rotatable bonds is 3. The molecule has 0 spiro atoms. The number of hydrogen-bond donors (Lipinski definition) is 1. The molecule has 0 radical (unpaired) electrons. The summed E-state index contributed by atoms with van der Waals surface area (Å²) in [6.45, 7) is 0. The van der Waals surface area contributed by atoms with Gasteiger partial charge < -0.3 is 5.11 Å². The van der Waals surface area contributed by atoms with Crippen molar-refractivity contribution in [3.63, 3.8) is 0 Å². The average Bonchev–Trinajstić information content (AvgIpc) is 2.17. The molecule has 0 fully saturated rings. The minimum absolute atomic E-state index is 0.132. The molecule has 1 rings (SSSR count). The predicted octanol–water partition coefficient (Wildman–Crippen LogP) is 3.65. The third-order valence-corrected chi connectivity index (χ3v) is 3.39. The molecule has 1 aromatic carbocycles. The molecule has 6 heteroatoms. The maximum absolute atomic E-state index is 12.1. The quantitative estimate of drug-likeness (QED) is 0.831. The van der Waals surface area contributed by atoms with Gasteiger partial charge in [-0.2, -0.15) is 13.2 Å². The Morgan fingerprint density at radius 3 is 2.13 bits per heavy atom. The lowest BCUT2D eigenvalue weighted by Gasteiger charge is -2.14. The second kappa shape index (κ2) is 5.14. The van der Waals surface area contributed by atoms with E-state index < -0.39 is 12.3 Å². The number of aliphatic hydroxyl groups excluding tert-OH is 1. The van der Waals surface area contributed by atoms with Crippen LogP contribution < -0.4 is 0 Å². The van der Waals surface area contributed by atoms with Crippen molar-refractivity contribution in [3.8, 4) is 0 Å². The first-order valence-corrected chi connectivity index (χ1v) is 6.56. The number of alkyl halides is 3. The Balaban J connectivity index is 2.80. The van der Waals surface area contributed by atoms with Crippen molar-refractivity contribution in [2.45, 2.75) is 17.2 Å². The van der Waals surface area contributed by atoms with Gasteiger partial charge in [-0.3, -0.25) is 0 Å². The maximum Gasteiger partial charge on any atom is 0.418 e. The lowest BCUT2D eigenvalue weighted by atomic mass is 10.1. The van der Waals surface area contributed by atoms with Gasteiger partial charge in [0, 0.05) is 4.90 Å². The fourth-order valence-electron chi connectivity index (χ4n) is 0.991. The van der Waals surface area contributed by atoms with Crippen molar-refractivity contribution < 1.29 is 18.3 Å². The molecule has 1 N–H and O–H groups in total. The summed E-state index contributed by atoms with van der Waals surface area (Å²) in [7, 11) is 2.96. The summed E-state index contributed by atoms with van der Waals surface area (Å²) in [5.41, 5.74) is -0.132. The zero-order valence-electron chi connectivity index (χ0n) is 7.78. The van der Waals surface area contributed by atoms with Gasteiger partial charge in [-0.25, -0.2) is 0 Å². The van der Waals surface area contributed by atoms with Crippen LogP contribution in [0.15, 0.2) is 29.2 Å². The van der Waals surface area contributed by atoms with E-state index in [9.17, 15) is 13.2 Å². The van der Waals surface area contributed by atoms with Gasteiger partial charge in [-0.1, -0.05) is 33.7 Å². The Bertz CT molecular complexity index is 310. The van der Waals surface area contributed by atoms with Crippen LogP contribution >= 0.6 is 21.6 Å². The van der Waals surface area contributed by atoms with Crippen molar-refractivity contribution >= 4 is 21.6 Å². The standard InChI is InChI=1S/C9H9F3OS2/c1-14-15-7-4-2-6(3-5-7)8(13)9(10,11)12/h2-5,8,13H,1H3. The van der Waals surface area contributed by atoms with Crippen molar-refractivity contribution in [2.75, 3.05) is 6.26 Å².